The fraction of sp³-hybridized carbons (Fsp3) is 0.125. The van der Waals surface area contributed by atoms with Crippen LogP contribution in [0.2, 0.25) is 4.34 Å². The number of carbonyl (C=O) groups is 1. The molecule has 0 spiro atoms. The summed E-state index contributed by atoms with van der Waals surface area (Å²) < 4.78 is 10.8. The van der Waals surface area contributed by atoms with Crippen molar-refractivity contribution in [3.8, 4) is 22.2 Å². The van der Waals surface area contributed by atoms with Crippen LogP contribution in [-0.4, -0.2) is 40.2 Å². The molecule has 0 aromatic carbocycles. The second-order valence-corrected chi connectivity index (χ2v) is 7.46. The summed E-state index contributed by atoms with van der Waals surface area (Å²) in [5, 5.41) is 10.2. The number of hydrogen-bond donors (Lipinski definition) is 1. The van der Waals surface area contributed by atoms with Crippen LogP contribution in [0.15, 0.2) is 40.6 Å². The van der Waals surface area contributed by atoms with Crippen molar-refractivity contribution in [3.63, 3.8) is 0 Å². The van der Waals surface area contributed by atoms with Crippen LogP contribution >= 0.6 is 34.7 Å². The van der Waals surface area contributed by atoms with Gasteiger partial charge in [-0.25, -0.2) is 9.78 Å². The normalized spacial score (nSPS) is 10.6. The number of ether oxygens (including phenoxy) is 2. The van der Waals surface area contributed by atoms with E-state index >= 15 is 0 Å². The number of carboxylic acid groups (broad SMARTS) is 1. The summed E-state index contributed by atoms with van der Waals surface area (Å²) in [6.07, 6.45) is 1.54. The zero-order valence-electron chi connectivity index (χ0n) is 13.6. The predicted octanol–water partition coefficient (Wildman–Crippen LogP) is 4.12. The first-order valence-corrected chi connectivity index (χ1v) is 9.16. The summed E-state index contributed by atoms with van der Waals surface area (Å²) >= 11 is 8.29. The van der Waals surface area contributed by atoms with Gasteiger partial charge >= 0.3 is 5.97 Å². The fourth-order valence-corrected chi connectivity index (χ4v) is 4.05. The molecular weight excluding hydrogens is 398 g/mol. The predicted molar refractivity (Wildman–Crippen MR) is 98.8 cm³/mol. The van der Waals surface area contributed by atoms with Gasteiger partial charge in [0, 0.05) is 16.6 Å². The standard InChI is InChI=1S/C16H12ClN3O4S2/c1-23-11-7-12(24-2)20-16(19-11)26-14-13(15(21)22)8(5-6-18-14)9-3-4-10(17)25-9/h3-7H,1-2H3,(H,21,22). The largest absolute Gasteiger partial charge is 0.481 e. The van der Waals surface area contributed by atoms with Crippen LogP contribution in [0.4, 0.5) is 0 Å². The molecule has 0 unspecified atom stereocenters. The maximum Gasteiger partial charge on any atom is 0.339 e. The number of pyridine rings is 1. The van der Waals surface area contributed by atoms with Crippen molar-refractivity contribution >= 4 is 40.7 Å². The van der Waals surface area contributed by atoms with Crippen molar-refractivity contribution < 1.29 is 19.4 Å². The molecule has 3 rings (SSSR count). The van der Waals surface area contributed by atoms with E-state index in [9.17, 15) is 9.90 Å². The van der Waals surface area contributed by atoms with Crippen LogP contribution in [0.3, 0.4) is 0 Å². The number of nitrogens with zero attached hydrogens (tertiary/aromatic N) is 3. The van der Waals surface area contributed by atoms with Crippen LogP contribution in [0.1, 0.15) is 10.4 Å². The van der Waals surface area contributed by atoms with Crippen LogP contribution in [-0.2, 0) is 0 Å². The van der Waals surface area contributed by atoms with Crippen LogP contribution in [0, 0.1) is 0 Å². The topological polar surface area (TPSA) is 94.4 Å². The van der Waals surface area contributed by atoms with Gasteiger partial charge in [0.25, 0.3) is 0 Å². The van der Waals surface area contributed by atoms with Crippen molar-refractivity contribution in [1.82, 2.24) is 15.0 Å². The molecule has 3 aromatic rings. The van der Waals surface area contributed by atoms with Gasteiger partial charge in [0.2, 0.25) is 16.9 Å². The Labute approximate surface area is 162 Å². The number of methoxy groups -OCH3 is 2. The quantitative estimate of drug-likeness (QED) is 0.607. The fourth-order valence-electron chi connectivity index (χ4n) is 2.12. The van der Waals surface area contributed by atoms with Gasteiger partial charge in [-0.05, 0) is 30.0 Å². The van der Waals surface area contributed by atoms with Gasteiger partial charge in [0.05, 0.1) is 24.6 Å². The Morgan fingerprint density at radius 1 is 1.19 bits per heavy atom. The van der Waals surface area contributed by atoms with Gasteiger partial charge in [-0.1, -0.05) is 11.6 Å². The van der Waals surface area contributed by atoms with E-state index < -0.39 is 5.97 Å². The molecule has 0 bridgehead atoms. The van der Waals surface area contributed by atoms with Crippen molar-refractivity contribution in [2.24, 2.45) is 0 Å². The Bertz CT molecular complexity index is 942. The summed E-state index contributed by atoms with van der Waals surface area (Å²) in [4.78, 5) is 25.2. The van der Waals surface area contributed by atoms with E-state index in [0.29, 0.717) is 21.7 Å². The number of aromatic nitrogens is 3. The number of hydrogen-bond acceptors (Lipinski definition) is 8. The van der Waals surface area contributed by atoms with Crippen molar-refractivity contribution in [2.45, 2.75) is 10.2 Å². The molecule has 0 fully saturated rings. The van der Waals surface area contributed by atoms with E-state index in [0.717, 1.165) is 16.6 Å². The van der Waals surface area contributed by atoms with Gasteiger partial charge in [0.1, 0.15) is 10.6 Å². The lowest BCUT2D eigenvalue weighted by atomic mass is 10.1. The van der Waals surface area contributed by atoms with Gasteiger partial charge in [0.15, 0.2) is 0 Å². The number of carboxylic acids is 1. The highest BCUT2D eigenvalue weighted by molar-refractivity contribution is 7.99. The van der Waals surface area contributed by atoms with Gasteiger partial charge < -0.3 is 14.6 Å². The second kappa shape index (κ2) is 7.90. The Hall–Kier alpha value is -2.36. The minimum Gasteiger partial charge on any atom is -0.481 e. The van der Waals surface area contributed by atoms with Crippen molar-refractivity contribution in [2.75, 3.05) is 14.2 Å². The summed E-state index contributed by atoms with van der Waals surface area (Å²) in [6.45, 7) is 0. The highest BCUT2D eigenvalue weighted by Gasteiger charge is 2.21. The molecule has 0 aliphatic heterocycles. The number of halogens is 1. The smallest absolute Gasteiger partial charge is 0.339 e. The average Bonchev–Trinajstić information content (AvgIpc) is 3.07. The number of rotatable bonds is 6. The molecule has 0 aliphatic rings. The third-order valence-electron chi connectivity index (χ3n) is 3.23. The molecule has 10 heteroatoms. The van der Waals surface area contributed by atoms with E-state index in [1.165, 1.54) is 37.8 Å². The van der Waals surface area contributed by atoms with Crippen LogP contribution < -0.4 is 9.47 Å². The first-order valence-electron chi connectivity index (χ1n) is 7.14. The van der Waals surface area contributed by atoms with E-state index in [-0.39, 0.29) is 15.7 Å². The first-order chi connectivity index (χ1) is 12.5. The molecule has 0 radical (unpaired) electrons. The highest BCUT2D eigenvalue weighted by atomic mass is 35.5. The monoisotopic (exact) mass is 409 g/mol. The minimum absolute atomic E-state index is 0.0569. The zero-order valence-corrected chi connectivity index (χ0v) is 16.0. The van der Waals surface area contributed by atoms with Gasteiger partial charge in [-0.2, -0.15) is 9.97 Å². The van der Waals surface area contributed by atoms with E-state index in [4.69, 9.17) is 21.1 Å². The summed E-state index contributed by atoms with van der Waals surface area (Å²) in [6, 6.07) is 6.66. The maximum atomic E-state index is 11.9. The molecular formula is C16H12ClN3O4S2. The zero-order chi connectivity index (χ0) is 18.7. The van der Waals surface area contributed by atoms with E-state index in [2.05, 4.69) is 15.0 Å². The third-order valence-corrected chi connectivity index (χ3v) is 5.37. The lowest BCUT2D eigenvalue weighted by Gasteiger charge is -2.10. The Morgan fingerprint density at radius 2 is 1.88 bits per heavy atom. The van der Waals surface area contributed by atoms with E-state index in [1.807, 2.05) is 0 Å². The second-order valence-electron chi connectivity index (χ2n) is 4.78. The molecule has 3 heterocycles. The Balaban J connectivity index is 2.07. The summed E-state index contributed by atoms with van der Waals surface area (Å²) in [5.74, 6) is -0.496. The first kappa shape index (κ1) is 18.4. The SMILES string of the molecule is COc1cc(OC)nc(Sc2nccc(-c3ccc(Cl)s3)c2C(=O)O)n1. The Morgan fingerprint density at radius 3 is 2.42 bits per heavy atom. The summed E-state index contributed by atoms with van der Waals surface area (Å²) in [5.41, 5.74) is 0.586. The molecule has 134 valence electrons. The Kier molecular flexibility index (Phi) is 5.60. The molecule has 0 atom stereocenters. The lowest BCUT2D eigenvalue weighted by molar-refractivity contribution is 0.0693. The average molecular weight is 410 g/mol. The van der Waals surface area contributed by atoms with Crippen molar-refractivity contribution in [3.05, 3.63) is 40.4 Å². The minimum atomic E-state index is -1.10. The summed E-state index contributed by atoms with van der Waals surface area (Å²) in [7, 11) is 2.94. The van der Waals surface area contributed by atoms with Gasteiger partial charge in [-0.15, -0.1) is 11.3 Å². The molecule has 0 aliphatic carbocycles. The third kappa shape index (κ3) is 3.90. The molecule has 0 amide bonds. The molecule has 0 saturated carbocycles. The highest BCUT2D eigenvalue weighted by Crippen LogP contribution is 2.37. The molecule has 1 N–H and O–H groups in total. The molecule has 7 nitrogen and oxygen atoms in total. The number of thiophene rings is 1. The molecule has 0 saturated heterocycles. The molecule has 26 heavy (non-hydrogen) atoms. The van der Waals surface area contributed by atoms with Crippen LogP contribution in [0.25, 0.3) is 10.4 Å². The van der Waals surface area contributed by atoms with Crippen LogP contribution in [0.5, 0.6) is 11.8 Å². The van der Waals surface area contributed by atoms with Gasteiger partial charge in [-0.3, -0.25) is 0 Å². The number of aromatic carboxylic acids is 1. The maximum absolute atomic E-state index is 11.9. The lowest BCUT2D eigenvalue weighted by Crippen LogP contribution is -2.04. The molecule has 3 aromatic heterocycles. The van der Waals surface area contributed by atoms with E-state index in [1.54, 1.807) is 18.2 Å². The van der Waals surface area contributed by atoms with Crippen molar-refractivity contribution in [1.29, 1.82) is 0 Å².